The van der Waals surface area contributed by atoms with Crippen molar-refractivity contribution in [2.75, 3.05) is 7.05 Å². The predicted molar refractivity (Wildman–Crippen MR) is 78.8 cm³/mol. The molecule has 0 aliphatic rings. The average Bonchev–Trinajstić information content (AvgIpc) is 2.90. The molecule has 3 nitrogen and oxygen atoms in total. The second-order valence-electron chi connectivity index (χ2n) is 4.40. The minimum Gasteiger partial charge on any atom is -0.339 e. The molecule has 0 spiro atoms. The fourth-order valence-corrected chi connectivity index (χ4v) is 2.79. The number of carbonyl (C=O) groups excluding carboxylic acids is 1. The summed E-state index contributed by atoms with van der Waals surface area (Å²) in [5.74, 6) is -0.0952. The Hall–Kier alpha value is -1.39. The summed E-state index contributed by atoms with van der Waals surface area (Å²) < 4.78 is 0. The lowest BCUT2D eigenvalue weighted by atomic mass is 10.1. The van der Waals surface area contributed by atoms with Crippen LogP contribution in [0.3, 0.4) is 0 Å². The monoisotopic (exact) mass is 294 g/mol. The highest BCUT2D eigenvalue weighted by Crippen LogP contribution is 2.18. The molecule has 1 amide bonds. The van der Waals surface area contributed by atoms with Gasteiger partial charge in [0.05, 0.1) is 10.6 Å². The highest BCUT2D eigenvalue weighted by atomic mass is 35.5. The third-order valence-corrected chi connectivity index (χ3v) is 4.28. The van der Waals surface area contributed by atoms with E-state index < -0.39 is 0 Å². The molecule has 1 atom stereocenters. The fraction of sp³-hybridized carbons (Fsp3) is 0.286. The van der Waals surface area contributed by atoms with Crippen LogP contribution >= 0.6 is 22.9 Å². The summed E-state index contributed by atoms with van der Waals surface area (Å²) in [6, 6.07) is 5.85. The van der Waals surface area contributed by atoms with Crippen LogP contribution in [0.4, 0.5) is 0 Å². The number of halogens is 1. The average molecular weight is 295 g/mol. The van der Waals surface area contributed by atoms with Gasteiger partial charge in [-0.2, -0.15) is 0 Å². The largest absolute Gasteiger partial charge is 0.339 e. The number of pyridine rings is 1. The molecule has 19 heavy (non-hydrogen) atoms. The maximum Gasteiger partial charge on any atom is 0.256 e. The fourth-order valence-electron chi connectivity index (χ4n) is 1.78. The highest BCUT2D eigenvalue weighted by molar-refractivity contribution is 7.09. The van der Waals surface area contributed by atoms with Crippen LogP contribution in [-0.2, 0) is 6.42 Å². The molecule has 2 aromatic heterocycles. The van der Waals surface area contributed by atoms with Gasteiger partial charge in [-0.3, -0.25) is 9.78 Å². The SMILES string of the molecule is CC(Cc1cccs1)N(C)C(=O)c1cnccc1Cl. The summed E-state index contributed by atoms with van der Waals surface area (Å²) in [6.45, 7) is 2.03. The summed E-state index contributed by atoms with van der Waals surface area (Å²) in [4.78, 5) is 19.3. The lowest BCUT2D eigenvalue weighted by molar-refractivity contribution is 0.0743. The smallest absolute Gasteiger partial charge is 0.256 e. The quantitative estimate of drug-likeness (QED) is 0.865. The van der Waals surface area contributed by atoms with E-state index in [4.69, 9.17) is 11.6 Å². The first-order valence-corrected chi connectivity index (χ1v) is 7.24. The van der Waals surface area contributed by atoms with E-state index in [0.29, 0.717) is 10.6 Å². The highest BCUT2D eigenvalue weighted by Gasteiger charge is 2.20. The van der Waals surface area contributed by atoms with Crippen molar-refractivity contribution in [3.63, 3.8) is 0 Å². The molecule has 0 bridgehead atoms. The Bertz CT molecular complexity index is 556. The van der Waals surface area contributed by atoms with E-state index in [9.17, 15) is 4.79 Å². The maximum absolute atomic E-state index is 12.3. The van der Waals surface area contributed by atoms with Gasteiger partial charge in [0, 0.05) is 36.8 Å². The third-order valence-electron chi connectivity index (χ3n) is 3.06. The van der Waals surface area contributed by atoms with Gasteiger partial charge in [0.2, 0.25) is 0 Å². The molecule has 0 fully saturated rings. The first-order valence-electron chi connectivity index (χ1n) is 5.98. The lowest BCUT2D eigenvalue weighted by Crippen LogP contribution is -2.36. The van der Waals surface area contributed by atoms with E-state index in [1.165, 1.54) is 11.1 Å². The number of aromatic nitrogens is 1. The first kappa shape index (κ1) is 14.0. The van der Waals surface area contributed by atoms with E-state index in [1.807, 2.05) is 18.4 Å². The van der Waals surface area contributed by atoms with Crippen molar-refractivity contribution >= 4 is 28.8 Å². The van der Waals surface area contributed by atoms with Crippen molar-refractivity contribution in [1.82, 2.24) is 9.88 Å². The molecule has 0 radical (unpaired) electrons. The van der Waals surface area contributed by atoms with Crippen LogP contribution in [0.2, 0.25) is 5.02 Å². The van der Waals surface area contributed by atoms with E-state index in [1.54, 1.807) is 35.5 Å². The van der Waals surface area contributed by atoms with Gasteiger partial charge in [-0.25, -0.2) is 0 Å². The topological polar surface area (TPSA) is 33.2 Å². The molecule has 0 saturated heterocycles. The molecule has 0 aliphatic heterocycles. The van der Waals surface area contributed by atoms with Gasteiger partial charge in [-0.05, 0) is 24.4 Å². The first-order chi connectivity index (χ1) is 9.09. The summed E-state index contributed by atoms with van der Waals surface area (Å²) in [5, 5.41) is 2.48. The van der Waals surface area contributed by atoms with Crippen molar-refractivity contribution in [2.45, 2.75) is 19.4 Å². The summed E-state index contributed by atoms with van der Waals surface area (Å²) in [5.41, 5.74) is 0.449. The van der Waals surface area contributed by atoms with E-state index >= 15 is 0 Å². The molecular weight excluding hydrogens is 280 g/mol. The molecule has 0 aromatic carbocycles. The number of likely N-dealkylation sites (N-methyl/N-ethyl adjacent to an activating group) is 1. The molecular formula is C14H15ClN2OS. The summed E-state index contributed by atoms with van der Waals surface area (Å²) in [7, 11) is 1.80. The molecule has 0 aliphatic carbocycles. The minimum atomic E-state index is -0.0952. The van der Waals surface area contributed by atoms with Crippen LogP contribution in [0.5, 0.6) is 0 Å². The molecule has 0 saturated carbocycles. The number of hydrogen-bond donors (Lipinski definition) is 0. The van der Waals surface area contributed by atoms with Gasteiger partial charge >= 0.3 is 0 Å². The number of amides is 1. The Morgan fingerprint density at radius 2 is 2.32 bits per heavy atom. The Labute approximate surface area is 121 Å². The van der Waals surface area contributed by atoms with Crippen LogP contribution in [0, 0.1) is 0 Å². The van der Waals surface area contributed by atoms with Crippen LogP contribution in [0.25, 0.3) is 0 Å². The molecule has 0 N–H and O–H groups in total. The van der Waals surface area contributed by atoms with Crippen LogP contribution < -0.4 is 0 Å². The molecule has 2 heterocycles. The van der Waals surface area contributed by atoms with E-state index in [-0.39, 0.29) is 11.9 Å². The number of carbonyl (C=O) groups is 1. The van der Waals surface area contributed by atoms with Gasteiger partial charge in [0.1, 0.15) is 0 Å². The second-order valence-corrected chi connectivity index (χ2v) is 5.84. The van der Waals surface area contributed by atoms with Gasteiger partial charge in [0.25, 0.3) is 5.91 Å². The van der Waals surface area contributed by atoms with Crippen molar-refractivity contribution in [1.29, 1.82) is 0 Å². The van der Waals surface area contributed by atoms with Crippen molar-refractivity contribution in [2.24, 2.45) is 0 Å². The lowest BCUT2D eigenvalue weighted by Gasteiger charge is -2.24. The third kappa shape index (κ3) is 3.33. The van der Waals surface area contributed by atoms with Gasteiger partial charge in [-0.1, -0.05) is 17.7 Å². The molecule has 2 rings (SSSR count). The maximum atomic E-state index is 12.3. The molecule has 2 aromatic rings. The number of thiophene rings is 1. The normalized spacial score (nSPS) is 12.2. The molecule has 1 unspecified atom stereocenters. The number of nitrogens with zero attached hydrogens (tertiary/aromatic N) is 2. The van der Waals surface area contributed by atoms with Crippen molar-refractivity contribution < 1.29 is 4.79 Å². The minimum absolute atomic E-state index is 0.0952. The van der Waals surface area contributed by atoms with Gasteiger partial charge in [0.15, 0.2) is 0 Å². The summed E-state index contributed by atoms with van der Waals surface area (Å²) >= 11 is 7.73. The Kier molecular flexibility index (Phi) is 4.56. The Morgan fingerprint density at radius 1 is 1.53 bits per heavy atom. The second kappa shape index (κ2) is 6.17. The zero-order chi connectivity index (χ0) is 13.8. The van der Waals surface area contributed by atoms with Crippen molar-refractivity contribution in [3.05, 3.63) is 51.4 Å². The van der Waals surface area contributed by atoms with Crippen LogP contribution in [0.15, 0.2) is 36.0 Å². The Morgan fingerprint density at radius 3 is 2.95 bits per heavy atom. The van der Waals surface area contributed by atoms with Crippen molar-refractivity contribution in [3.8, 4) is 0 Å². The Balaban J connectivity index is 2.09. The predicted octanol–water partition coefficient (Wildman–Crippen LogP) is 3.50. The molecule has 100 valence electrons. The number of hydrogen-bond acceptors (Lipinski definition) is 3. The van der Waals surface area contributed by atoms with Gasteiger partial charge < -0.3 is 4.90 Å². The van der Waals surface area contributed by atoms with Crippen LogP contribution in [0.1, 0.15) is 22.2 Å². The van der Waals surface area contributed by atoms with E-state index in [2.05, 4.69) is 11.1 Å². The zero-order valence-corrected chi connectivity index (χ0v) is 12.4. The van der Waals surface area contributed by atoms with Gasteiger partial charge in [-0.15, -0.1) is 11.3 Å². The standard InChI is InChI=1S/C14H15ClN2OS/c1-10(8-11-4-3-7-19-11)17(2)14(18)12-9-16-6-5-13(12)15/h3-7,9-10H,8H2,1-2H3. The van der Waals surface area contributed by atoms with E-state index in [0.717, 1.165) is 6.42 Å². The van der Waals surface area contributed by atoms with Crippen LogP contribution in [-0.4, -0.2) is 28.9 Å². The number of rotatable bonds is 4. The zero-order valence-electron chi connectivity index (χ0n) is 10.8. The molecule has 5 heteroatoms. The summed E-state index contributed by atoms with van der Waals surface area (Å²) in [6.07, 6.45) is 3.94.